The van der Waals surface area contributed by atoms with Crippen LogP contribution in [0.2, 0.25) is 0 Å². The molecule has 3 N–H and O–H groups in total. The Hall–Kier alpha value is -1.71. The van der Waals surface area contributed by atoms with Crippen molar-refractivity contribution in [1.82, 2.24) is 0 Å². The van der Waals surface area contributed by atoms with E-state index in [0.29, 0.717) is 19.3 Å². The molecular weight excluding hydrogens is 564 g/mol. The summed E-state index contributed by atoms with van der Waals surface area (Å²) in [5.74, 6) is -3.28. The molecule has 1 fully saturated rings. The highest BCUT2D eigenvalue weighted by atomic mass is 16.7. The lowest BCUT2D eigenvalue weighted by Crippen LogP contribution is -2.63. The highest BCUT2D eigenvalue weighted by Gasteiger charge is 2.61. The van der Waals surface area contributed by atoms with Gasteiger partial charge in [0.2, 0.25) is 17.8 Å². The second-order valence-corrected chi connectivity index (χ2v) is 12.7. The normalized spacial score (nSPS) is 21.3. The molecule has 3 unspecified atom stereocenters. The summed E-state index contributed by atoms with van der Waals surface area (Å²) in [6, 6.07) is 0. The molecule has 258 valence electrons. The number of hydrogen-bond acceptors (Lipinski definition) is 9. The smallest absolute Gasteiger partial charge is 0.354 e. The molecule has 1 saturated heterocycles. The minimum Gasteiger partial charge on any atom is -0.445 e. The van der Waals surface area contributed by atoms with Gasteiger partial charge in [-0.1, -0.05) is 143 Å². The molecule has 0 amide bonds. The minimum absolute atomic E-state index is 0.0131. The Bertz CT molecular complexity index is 768. The van der Waals surface area contributed by atoms with Gasteiger partial charge in [-0.25, -0.2) is 14.4 Å². The van der Waals surface area contributed by atoms with Gasteiger partial charge in [-0.05, 0) is 19.3 Å². The zero-order valence-electron chi connectivity index (χ0n) is 28.1. The van der Waals surface area contributed by atoms with Crippen molar-refractivity contribution in [3.63, 3.8) is 0 Å². The number of carbonyl (C=O) groups is 3. The summed E-state index contributed by atoms with van der Waals surface area (Å²) in [7, 11) is 0. The van der Waals surface area contributed by atoms with E-state index in [0.717, 1.165) is 89.9 Å². The molecule has 1 heterocycles. The maximum atomic E-state index is 14.1. The van der Waals surface area contributed by atoms with Gasteiger partial charge in [0, 0.05) is 6.42 Å². The van der Waals surface area contributed by atoms with Gasteiger partial charge in [0.05, 0.1) is 13.2 Å². The van der Waals surface area contributed by atoms with Crippen LogP contribution in [0.15, 0.2) is 0 Å². The van der Waals surface area contributed by atoms with Gasteiger partial charge in [-0.3, -0.25) is 0 Å². The third-order valence-corrected chi connectivity index (χ3v) is 8.99. The highest BCUT2D eigenvalue weighted by Crippen LogP contribution is 2.42. The zero-order valence-corrected chi connectivity index (χ0v) is 28.1. The van der Waals surface area contributed by atoms with E-state index < -0.39 is 54.5 Å². The van der Waals surface area contributed by atoms with E-state index in [2.05, 4.69) is 20.8 Å². The van der Waals surface area contributed by atoms with E-state index in [4.69, 9.17) is 14.2 Å². The summed E-state index contributed by atoms with van der Waals surface area (Å²) >= 11 is 0. The number of unbranched alkanes of at least 4 members (excludes halogenated alkanes) is 17. The standard InChI is InChI=1S/C35H64O9/c1-4-7-10-13-16-17-20-23-26-35(33(40)43-29(27-36)31(38)42-30(28-37)32(39)44-35)34(41,24-21-18-14-11-8-5-2)25-22-19-15-12-9-6-3/h29-30,36-37,41H,4-28H2,1-3H3. The van der Waals surface area contributed by atoms with Gasteiger partial charge in [0.15, 0.2) is 0 Å². The van der Waals surface area contributed by atoms with Crippen LogP contribution in [0, 0.1) is 0 Å². The van der Waals surface area contributed by atoms with Crippen molar-refractivity contribution in [2.45, 2.75) is 192 Å². The molecule has 1 aliphatic heterocycles. The summed E-state index contributed by atoms with van der Waals surface area (Å²) in [4.78, 5) is 40.1. The second kappa shape index (κ2) is 23.6. The van der Waals surface area contributed by atoms with E-state index >= 15 is 0 Å². The third kappa shape index (κ3) is 13.7. The molecule has 44 heavy (non-hydrogen) atoms. The highest BCUT2D eigenvalue weighted by molar-refractivity contribution is 5.91. The number of ether oxygens (including phenoxy) is 3. The lowest BCUT2D eigenvalue weighted by molar-refractivity contribution is -0.225. The maximum Gasteiger partial charge on any atom is 0.354 e. The Morgan fingerprint density at radius 2 is 0.955 bits per heavy atom. The van der Waals surface area contributed by atoms with Crippen LogP contribution in [0.5, 0.6) is 0 Å². The van der Waals surface area contributed by atoms with Crippen LogP contribution in [0.3, 0.4) is 0 Å². The first-order valence-corrected chi connectivity index (χ1v) is 17.8. The lowest BCUT2D eigenvalue weighted by atomic mass is 9.72. The Balaban J connectivity index is 3.39. The Kier molecular flexibility index (Phi) is 21.6. The molecule has 1 aliphatic rings. The summed E-state index contributed by atoms with van der Waals surface area (Å²) in [6.07, 6.45) is 16.6. The topological polar surface area (TPSA) is 140 Å². The molecule has 9 heteroatoms. The fourth-order valence-corrected chi connectivity index (χ4v) is 6.14. The second-order valence-electron chi connectivity index (χ2n) is 12.7. The average molecular weight is 629 g/mol. The third-order valence-electron chi connectivity index (χ3n) is 8.99. The van der Waals surface area contributed by atoms with Crippen molar-refractivity contribution in [3.05, 3.63) is 0 Å². The Morgan fingerprint density at radius 3 is 1.39 bits per heavy atom. The van der Waals surface area contributed by atoms with E-state index in [1.54, 1.807) is 0 Å². The van der Waals surface area contributed by atoms with Gasteiger partial charge in [-0.2, -0.15) is 0 Å². The van der Waals surface area contributed by atoms with Gasteiger partial charge in [0.25, 0.3) is 0 Å². The molecule has 0 bridgehead atoms. The van der Waals surface area contributed by atoms with E-state index in [-0.39, 0.29) is 19.3 Å². The van der Waals surface area contributed by atoms with Crippen molar-refractivity contribution >= 4 is 17.9 Å². The molecule has 0 aromatic heterocycles. The van der Waals surface area contributed by atoms with Crippen molar-refractivity contribution in [2.75, 3.05) is 13.2 Å². The summed E-state index contributed by atoms with van der Waals surface area (Å²) in [5.41, 5.74) is -3.86. The average Bonchev–Trinajstić information content (AvgIpc) is 3.05. The van der Waals surface area contributed by atoms with Crippen LogP contribution in [-0.2, 0) is 28.6 Å². The van der Waals surface area contributed by atoms with Crippen LogP contribution < -0.4 is 0 Å². The Labute approximate surface area is 266 Å². The maximum absolute atomic E-state index is 14.1. The van der Waals surface area contributed by atoms with Crippen molar-refractivity contribution in [1.29, 1.82) is 0 Å². The fraction of sp³-hybridized carbons (Fsp3) is 0.914. The summed E-state index contributed by atoms with van der Waals surface area (Å²) in [6.45, 7) is 4.75. The van der Waals surface area contributed by atoms with Crippen LogP contribution >= 0.6 is 0 Å². The first-order valence-electron chi connectivity index (χ1n) is 17.8. The van der Waals surface area contributed by atoms with Crippen molar-refractivity contribution < 1.29 is 43.9 Å². The number of carbonyl (C=O) groups excluding carboxylic acids is 3. The van der Waals surface area contributed by atoms with Gasteiger partial charge in [-0.15, -0.1) is 0 Å². The van der Waals surface area contributed by atoms with Gasteiger partial charge >= 0.3 is 17.9 Å². The predicted octanol–water partition coefficient (Wildman–Crippen LogP) is 6.85. The van der Waals surface area contributed by atoms with E-state index in [9.17, 15) is 29.7 Å². The molecule has 0 spiro atoms. The lowest BCUT2D eigenvalue weighted by Gasteiger charge is -2.45. The van der Waals surface area contributed by atoms with Crippen LogP contribution in [-0.4, -0.2) is 69.9 Å². The molecular formula is C35H64O9. The fourth-order valence-electron chi connectivity index (χ4n) is 6.14. The quantitative estimate of drug-likeness (QED) is 0.0533. The first kappa shape index (κ1) is 40.3. The number of cyclic esters (lactones) is 3. The van der Waals surface area contributed by atoms with Crippen LogP contribution in [0.4, 0.5) is 0 Å². The van der Waals surface area contributed by atoms with Crippen LogP contribution in [0.1, 0.15) is 168 Å². The predicted molar refractivity (Wildman–Crippen MR) is 171 cm³/mol. The van der Waals surface area contributed by atoms with E-state index in [1.165, 1.54) is 19.3 Å². The van der Waals surface area contributed by atoms with Crippen molar-refractivity contribution in [3.8, 4) is 0 Å². The molecule has 9 nitrogen and oxygen atoms in total. The number of hydrogen-bond donors (Lipinski definition) is 3. The van der Waals surface area contributed by atoms with Gasteiger partial charge in [0.1, 0.15) is 5.60 Å². The number of aliphatic hydroxyl groups excluding tert-OH is 2. The number of aliphatic hydroxyl groups is 3. The SMILES string of the molecule is CCCCCCCCCCC1(C(O)(CCCCCCCC)CCCCCCCC)OC(=O)C(CO)OC(=O)C(CO)OC1=O. The number of rotatable bonds is 26. The zero-order chi connectivity index (χ0) is 32.7. The first-order chi connectivity index (χ1) is 21.2. The van der Waals surface area contributed by atoms with E-state index in [1.807, 2.05) is 0 Å². The summed E-state index contributed by atoms with van der Waals surface area (Å²) < 4.78 is 16.5. The molecule has 0 radical (unpaired) electrons. The molecule has 0 aromatic rings. The summed E-state index contributed by atoms with van der Waals surface area (Å²) in [5, 5.41) is 32.3. The van der Waals surface area contributed by atoms with Crippen LogP contribution in [0.25, 0.3) is 0 Å². The molecule has 3 atom stereocenters. The van der Waals surface area contributed by atoms with Gasteiger partial charge < -0.3 is 29.5 Å². The monoisotopic (exact) mass is 628 g/mol. The van der Waals surface area contributed by atoms with Crippen molar-refractivity contribution in [2.24, 2.45) is 0 Å². The molecule has 0 aromatic carbocycles. The number of esters is 3. The molecule has 0 aliphatic carbocycles. The molecule has 0 saturated carbocycles. The Morgan fingerprint density at radius 1 is 0.568 bits per heavy atom. The minimum atomic E-state index is -2.10. The molecule has 1 rings (SSSR count). The largest absolute Gasteiger partial charge is 0.445 e.